The molecular formula is C22H19F2N3O3. The van der Waals surface area contributed by atoms with Crippen molar-refractivity contribution in [3.63, 3.8) is 0 Å². The quantitative estimate of drug-likeness (QED) is 0.626. The van der Waals surface area contributed by atoms with Crippen LogP contribution in [-0.4, -0.2) is 40.0 Å². The van der Waals surface area contributed by atoms with Gasteiger partial charge in [0.25, 0.3) is 5.91 Å². The largest absolute Gasteiger partial charge is 0.491 e. The number of hydrogen-bond acceptors (Lipinski definition) is 5. The normalized spacial score (nSPS) is 16.4. The molecule has 1 aliphatic rings. The van der Waals surface area contributed by atoms with Crippen LogP contribution in [0.4, 0.5) is 8.78 Å². The Morgan fingerprint density at radius 3 is 2.67 bits per heavy atom. The van der Waals surface area contributed by atoms with Crippen LogP contribution in [0.25, 0.3) is 11.1 Å². The number of fused-ring (bicyclic) bond motifs is 1. The Balaban J connectivity index is 1.76. The van der Waals surface area contributed by atoms with Gasteiger partial charge in [-0.2, -0.15) is 8.78 Å². The molecule has 0 saturated carbocycles. The van der Waals surface area contributed by atoms with Gasteiger partial charge in [0.2, 0.25) is 0 Å². The van der Waals surface area contributed by atoms with Crippen molar-refractivity contribution in [2.45, 2.75) is 19.5 Å². The molecule has 2 aromatic carbocycles. The molecule has 8 heteroatoms. The Bertz CT molecular complexity index is 1220. The van der Waals surface area contributed by atoms with Gasteiger partial charge >= 0.3 is 6.11 Å². The molecular weight excluding hydrogens is 392 g/mol. The fraction of sp³-hybridized carbons (Fsp3) is 0.227. The molecule has 0 fully saturated rings. The summed E-state index contributed by atoms with van der Waals surface area (Å²) in [6, 6.07) is 7.71. The minimum absolute atomic E-state index is 0.0923. The van der Waals surface area contributed by atoms with Crippen molar-refractivity contribution >= 4 is 5.91 Å². The van der Waals surface area contributed by atoms with Crippen LogP contribution in [0.1, 0.15) is 28.6 Å². The van der Waals surface area contributed by atoms with Crippen molar-refractivity contribution in [1.82, 2.24) is 14.9 Å². The second-order valence-corrected chi connectivity index (χ2v) is 6.47. The first-order chi connectivity index (χ1) is 16.0. The van der Waals surface area contributed by atoms with Gasteiger partial charge in [0, 0.05) is 19.3 Å². The van der Waals surface area contributed by atoms with Crippen LogP contribution in [0.3, 0.4) is 0 Å². The zero-order chi connectivity index (χ0) is 24.7. The van der Waals surface area contributed by atoms with Gasteiger partial charge in [0.15, 0.2) is 0 Å². The first-order valence-electron chi connectivity index (χ1n) is 11.0. The van der Waals surface area contributed by atoms with Crippen LogP contribution in [-0.2, 0) is 6.50 Å². The summed E-state index contributed by atoms with van der Waals surface area (Å²) in [5.41, 5.74) is 0.452. The van der Waals surface area contributed by atoms with E-state index in [1.54, 1.807) is 0 Å². The lowest BCUT2D eigenvalue weighted by atomic mass is 10.0. The lowest BCUT2D eigenvalue weighted by Gasteiger charge is -2.19. The van der Waals surface area contributed by atoms with Gasteiger partial charge in [-0.25, -0.2) is 9.97 Å². The van der Waals surface area contributed by atoms with Gasteiger partial charge in [0.05, 0.1) is 24.1 Å². The van der Waals surface area contributed by atoms with E-state index in [4.69, 9.17) is 10.2 Å². The maximum absolute atomic E-state index is 13.4. The summed E-state index contributed by atoms with van der Waals surface area (Å²) in [6.45, 7) is -2.00. The number of benzene rings is 2. The number of nitrogens with zero attached hydrogens (tertiary/aromatic N) is 3. The highest BCUT2D eigenvalue weighted by molar-refractivity contribution is 5.98. The molecule has 6 nitrogen and oxygen atoms in total. The Labute approximate surface area is 177 Å². The highest BCUT2D eigenvalue weighted by Gasteiger charge is 2.25. The number of ether oxygens (including phenoxy) is 2. The van der Waals surface area contributed by atoms with Gasteiger partial charge in [-0.3, -0.25) is 4.79 Å². The third kappa shape index (κ3) is 4.53. The van der Waals surface area contributed by atoms with E-state index >= 15 is 0 Å². The second kappa shape index (κ2) is 8.06. The monoisotopic (exact) mass is 415 g/mol. The fourth-order valence-electron chi connectivity index (χ4n) is 2.85. The molecule has 0 saturated heterocycles. The van der Waals surface area contributed by atoms with E-state index in [0.717, 1.165) is 4.90 Å². The molecule has 3 aromatic rings. The first kappa shape index (κ1) is 15.3. The van der Waals surface area contributed by atoms with Crippen molar-refractivity contribution in [1.29, 1.82) is 0 Å². The van der Waals surface area contributed by atoms with Gasteiger partial charge in [-0.1, -0.05) is 18.2 Å². The van der Waals surface area contributed by atoms with Crippen molar-refractivity contribution in [2.24, 2.45) is 0 Å². The third-order valence-electron chi connectivity index (χ3n) is 4.14. The van der Waals surface area contributed by atoms with Crippen molar-refractivity contribution < 1.29 is 28.5 Å². The summed E-state index contributed by atoms with van der Waals surface area (Å²) in [5, 5.41) is 0. The Hall–Kier alpha value is -3.55. The van der Waals surface area contributed by atoms with E-state index in [9.17, 15) is 13.6 Å². The Morgan fingerprint density at radius 1 is 1.23 bits per heavy atom. The molecule has 1 amide bonds. The minimum Gasteiger partial charge on any atom is -0.491 e. The number of alkyl halides is 2. The number of rotatable bonds is 5. The predicted molar refractivity (Wildman–Crippen MR) is 105 cm³/mol. The lowest BCUT2D eigenvalue weighted by Crippen LogP contribution is -2.32. The predicted octanol–water partition coefficient (Wildman–Crippen LogP) is 4.17. The molecule has 2 heterocycles. The van der Waals surface area contributed by atoms with Crippen LogP contribution in [0, 0.1) is 0 Å². The molecule has 0 unspecified atom stereocenters. The van der Waals surface area contributed by atoms with E-state index in [0.29, 0.717) is 12.5 Å². The molecule has 0 aliphatic carbocycles. The lowest BCUT2D eigenvalue weighted by molar-refractivity contribution is -0.158. The maximum atomic E-state index is 13.4. The second-order valence-electron chi connectivity index (χ2n) is 6.47. The Morgan fingerprint density at radius 2 is 1.97 bits per heavy atom. The fourth-order valence-corrected chi connectivity index (χ4v) is 2.85. The van der Waals surface area contributed by atoms with E-state index in [2.05, 4.69) is 14.7 Å². The number of halogens is 2. The van der Waals surface area contributed by atoms with E-state index < -0.39 is 18.5 Å². The standard InChI is InChI=1S/C22H19F2N3O3/c1-22(23,24)30-17-6-3-15(4-7-17)16-5-8-19-18(13-16)21(28)27(11-12-29-19)14-20-25-9-2-10-26-20/h2-10,13H,11-12,14H2,1H3/i5D,8D,14D2. The zero-order valence-electron chi connectivity index (χ0n) is 19.9. The summed E-state index contributed by atoms with van der Waals surface area (Å²) in [6.07, 6.45) is -0.641. The highest BCUT2D eigenvalue weighted by atomic mass is 19.3. The van der Waals surface area contributed by atoms with Crippen LogP contribution in [0.15, 0.2) is 60.9 Å². The highest BCUT2D eigenvalue weighted by Crippen LogP contribution is 2.31. The molecule has 0 radical (unpaired) electrons. The molecule has 1 aromatic heterocycles. The molecule has 0 atom stereocenters. The van der Waals surface area contributed by atoms with Crippen molar-refractivity contribution in [2.75, 3.05) is 13.2 Å². The summed E-state index contributed by atoms with van der Waals surface area (Å²) in [7, 11) is 0. The number of carbonyl (C=O) groups excluding carboxylic acids is 1. The first-order valence-corrected chi connectivity index (χ1v) is 9.03. The van der Waals surface area contributed by atoms with Crippen LogP contribution < -0.4 is 9.47 Å². The number of aromatic nitrogens is 2. The summed E-state index contributed by atoms with van der Waals surface area (Å²) in [5.74, 6) is -1.19. The topological polar surface area (TPSA) is 64.6 Å². The van der Waals surface area contributed by atoms with Crippen molar-refractivity contribution in [3.8, 4) is 22.6 Å². The summed E-state index contributed by atoms with van der Waals surface area (Å²) < 4.78 is 70.0. The number of amides is 1. The molecule has 30 heavy (non-hydrogen) atoms. The summed E-state index contributed by atoms with van der Waals surface area (Å²) >= 11 is 0. The third-order valence-corrected chi connectivity index (χ3v) is 4.14. The van der Waals surface area contributed by atoms with Gasteiger partial charge in [-0.15, -0.1) is 0 Å². The van der Waals surface area contributed by atoms with Crippen LogP contribution in [0.5, 0.6) is 11.5 Å². The molecule has 154 valence electrons. The maximum Gasteiger partial charge on any atom is 0.394 e. The molecule has 0 spiro atoms. The van der Waals surface area contributed by atoms with E-state index in [1.165, 1.54) is 48.8 Å². The smallest absolute Gasteiger partial charge is 0.394 e. The molecule has 4 rings (SSSR count). The minimum atomic E-state index is -3.37. The van der Waals surface area contributed by atoms with Crippen molar-refractivity contribution in [3.05, 3.63) is 72.3 Å². The number of carbonyl (C=O) groups is 1. The average Bonchev–Trinajstić information content (AvgIpc) is 2.96. The van der Waals surface area contributed by atoms with Gasteiger partial charge in [-0.05, 0) is 41.4 Å². The van der Waals surface area contributed by atoms with Gasteiger partial charge < -0.3 is 14.4 Å². The van der Waals surface area contributed by atoms with Crippen LogP contribution in [0.2, 0.25) is 0 Å². The zero-order valence-corrected chi connectivity index (χ0v) is 15.9. The van der Waals surface area contributed by atoms with E-state index in [-0.39, 0.29) is 53.7 Å². The summed E-state index contributed by atoms with van der Waals surface area (Å²) in [4.78, 5) is 22.2. The number of hydrogen-bond donors (Lipinski definition) is 0. The average molecular weight is 415 g/mol. The van der Waals surface area contributed by atoms with Crippen LogP contribution >= 0.6 is 0 Å². The SMILES string of the molecule is [2H]c1c(-c2ccc(OC(C)(F)F)cc2)cc2c(c1[2H])OCCN(C([2H])([2H])c1ncccn1)C2=O. The molecule has 1 aliphatic heterocycles. The van der Waals surface area contributed by atoms with Gasteiger partial charge in [0.1, 0.15) is 23.9 Å². The molecule has 0 bridgehead atoms. The Kier molecular flexibility index (Phi) is 4.11. The van der Waals surface area contributed by atoms with E-state index in [1.807, 2.05) is 0 Å². The molecule has 0 N–H and O–H groups in total.